The Morgan fingerprint density at radius 2 is 1.59 bits per heavy atom. The number of amides is 1. The fraction of sp³-hybridized carbons (Fsp3) is 0.100. The van der Waals surface area contributed by atoms with E-state index in [1.54, 1.807) is 24.3 Å². The fourth-order valence-corrected chi connectivity index (χ4v) is 3.75. The number of anilines is 2. The van der Waals surface area contributed by atoms with Gasteiger partial charge in [0, 0.05) is 23.6 Å². The molecule has 0 spiro atoms. The summed E-state index contributed by atoms with van der Waals surface area (Å²) in [7, 11) is -1.03. The molecule has 1 heterocycles. The van der Waals surface area contributed by atoms with Crippen molar-refractivity contribution in [2.45, 2.75) is 4.90 Å². The van der Waals surface area contributed by atoms with Gasteiger partial charge in [-0.2, -0.15) is 0 Å². The highest BCUT2D eigenvalue weighted by Crippen LogP contribution is 2.22. The Bertz CT molecular complexity index is 1220. The Morgan fingerprint density at radius 1 is 0.938 bits per heavy atom. The van der Waals surface area contributed by atoms with Crippen LogP contribution in [0.4, 0.5) is 11.5 Å². The molecular weight excluding hydrogens is 454 g/mol. The van der Waals surface area contributed by atoms with E-state index >= 15 is 0 Å². The van der Waals surface area contributed by atoms with E-state index in [0.717, 1.165) is 0 Å². The Balaban J connectivity index is 1.63. The van der Waals surface area contributed by atoms with Crippen LogP contribution in [0.3, 0.4) is 0 Å². The third-order valence-corrected chi connectivity index (χ3v) is 5.65. The molecule has 12 heteroatoms. The molecule has 32 heavy (non-hydrogen) atoms. The smallest absolute Gasteiger partial charge is 0.263 e. The molecule has 0 bridgehead atoms. The summed E-state index contributed by atoms with van der Waals surface area (Å²) in [6, 6.07) is 12.3. The van der Waals surface area contributed by atoms with Gasteiger partial charge in [-0.15, -0.1) is 0 Å². The summed E-state index contributed by atoms with van der Waals surface area (Å²) >= 11 is 5.15. The van der Waals surface area contributed by atoms with Gasteiger partial charge in [-0.25, -0.2) is 18.4 Å². The molecule has 0 saturated heterocycles. The number of hydrogen-bond acceptors (Lipinski definition) is 8. The lowest BCUT2D eigenvalue weighted by atomic mass is 10.2. The van der Waals surface area contributed by atoms with E-state index in [9.17, 15) is 13.2 Å². The lowest BCUT2D eigenvalue weighted by Gasteiger charge is -2.12. The van der Waals surface area contributed by atoms with E-state index in [0.29, 0.717) is 17.0 Å². The van der Waals surface area contributed by atoms with Gasteiger partial charge in [-0.3, -0.25) is 14.8 Å². The Hall–Kier alpha value is -3.77. The summed E-state index contributed by atoms with van der Waals surface area (Å²) in [6.45, 7) is 0. The minimum absolute atomic E-state index is 0.0102. The van der Waals surface area contributed by atoms with Gasteiger partial charge in [0.25, 0.3) is 21.8 Å². The van der Waals surface area contributed by atoms with E-state index in [2.05, 4.69) is 25.3 Å². The predicted molar refractivity (Wildman–Crippen MR) is 123 cm³/mol. The van der Waals surface area contributed by atoms with Crippen LogP contribution in [0.25, 0.3) is 0 Å². The van der Waals surface area contributed by atoms with Crippen LogP contribution in [0, 0.1) is 0 Å². The maximum absolute atomic E-state index is 12.6. The average Bonchev–Trinajstić information content (AvgIpc) is 2.79. The predicted octanol–water partition coefficient (Wildman–Crippen LogP) is 2.42. The zero-order valence-electron chi connectivity index (χ0n) is 17.0. The van der Waals surface area contributed by atoms with Gasteiger partial charge in [0.05, 0.1) is 19.1 Å². The second-order valence-corrected chi connectivity index (χ2v) is 8.27. The fourth-order valence-electron chi connectivity index (χ4n) is 2.53. The van der Waals surface area contributed by atoms with Gasteiger partial charge >= 0.3 is 0 Å². The van der Waals surface area contributed by atoms with Crippen molar-refractivity contribution >= 4 is 44.8 Å². The lowest BCUT2D eigenvalue weighted by molar-refractivity contribution is 0.0977. The maximum Gasteiger partial charge on any atom is 0.263 e. The Labute approximate surface area is 190 Å². The number of benzene rings is 2. The van der Waals surface area contributed by atoms with Crippen molar-refractivity contribution in [2.24, 2.45) is 0 Å². The number of rotatable bonds is 7. The highest BCUT2D eigenvalue weighted by molar-refractivity contribution is 7.92. The molecule has 1 aromatic heterocycles. The number of thiocarbonyl (C=S) groups is 1. The monoisotopic (exact) mass is 473 g/mol. The normalized spacial score (nSPS) is 10.7. The first-order valence-corrected chi connectivity index (χ1v) is 11.0. The van der Waals surface area contributed by atoms with Crippen molar-refractivity contribution in [1.82, 2.24) is 15.3 Å². The number of methoxy groups -OCH3 is 2. The lowest BCUT2D eigenvalue weighted by Crippen LogP contribution is -2.34. The van der Waals surface area contributed by atoms with E-state index in [4.69, 9.17) is 21.7 Å². The van der Waals surface area contributed by atoms with Crippen LogP contribution in [-0.2, 0) is 10.0 Å². The van der Waals surface area contributed by atoms with Gasteiger partial charge in [-0.05, 0) is 60.7 Å². The molecule has 1 amide bonds. The van der Waals surface area contributed by atoms with Crippen LogP contribution in [0.1, 0.15) is 10.4 Å². The van der Waals surface area contributed by atoms with Crippen LogP contribution in [-0.4, -0.2) is 43.6 Å². The first kappa shape index (κ1) is 22.9. The van der Waals surface area contributed by atoms with Crippen molar-refractivity contribution in [3.05, 3.63) is 66.5 Å². The first-order valence-electron chi connectivity index (χ1n) is 9.06. The summed E-state index contributed by atoms with van der Waals surface area (Å²) in [5, 5.41) is 5.44. The molecule has 3 aromatic rings. The van der Waals surface area contributed by atoms with Crippen molar-refractivity contribution in [1.29, 1.82) is 0 Å². The highest BCUT2D eigenvalue weighted by atomic mass is 32.2. The second-order valence-electron chi connectivity index (χ2n) is 6.18. The molecule has 3 N–H and O–H groups in total. The molecule has 10 nitrogen and oxygen atoms in total. The van der Waals surface area contributed by atoms with Crippen LogP contribution in [0.2, 0.25) is 0 Å². The summed E-state index contributed by atoms with van der Waals surface area (Å²) in [6.07, 6.45) is 2.72. The van der Waals surface area contributed by atoms with E-state index in [1.165, 1.54) is 50.9 Å². The Morgan fingerprint density at radius 3 is 2.22 bits per heavy atom. The van der Waals surface area contributed by atoms with Crippen LogP contribution < -0.4 is 24.8 Å². The first-order chi connectivity index (χ1) is 15.3. The second kappa shape index (κ2) is 10.0. The molecule has 0 unspecified atom stereocenters. The molecule has 166 valence electrons. The molecule has 0 atom stereocenters. The molecule has 2 aromatic carbocycles. The zero-order valence-corrected chi connectivity index (χ0v) is 18.7. The third kappa shape index (κ3) is 5.68. The molecule has 3 rings (SSSR count). The summed E-state index contributed by atoms with van der Waals surface area (Å²) < 4.78 is 37.6. The Kier molecular flexibility index (Phi) is 7.18. The van der Waals surface area contributed by atoms with Gasteiger partial charge in [0.15, 0.2) is 5.11 Å². The zero-order chi connectivity index (χ0) is 23.1. The number of ether oxygens (including phenoxy) is 2. The maximum atomic E-state index is 12.6. The number of sulfonamides is 1. The number of carbonyl (C=O) groups excluding carboxylic acids is 1. The molecule has 0 radical (unpaired) electrons. The minimum atomic E-state index is -3.93. The topological polar surface area (TPSA) is 132 Å². The van der Waals surface area contributed by atoms with Crippen molar-refractivity contribution in [3.63, 3.8) is 0 Å². The van der Waals surface area contributed by atoms with Gasteiger partial charge in [0.2, 0.25) is 5.82 Å². The summed E-state index contributed by atoms with van der Waals surface area (Å²) in [5.74, 6) is 0.253. The number of hydrogen-bond donors (Lipinski definition) is 3. The molecule has 0 fully saturated rings. The van der Waals surface area contributed by atoms with Crippen molar-refractivity contribution in [2.75, 3.05) is 24.3 Å². The number of nitrogens with one attached hydrogen (secondary N) is 3. The molecular formula is C20H19N5O5S2. The van der Waals surface area contributed by atoms with Crippen LogP contribution in [0.15, 0.2) is 65.8 Å². The molecule has 0 saturated carbocycles. The van der Waals surface area contributed by atoms with Crippen molar-refractivity contribution < 1.29 is 22.7 Å². The third-order valence-electron chi connectivity index (χ3n) is 4.09. The van der Waals surface area contributed by atoms with Gasteiger partial charge in [0.1, 0.15) is 5.75 Å². The number of aromatic nitrogens is 2. The van der Waals surface area contributed by atoms with Crippen LogP contribution in [0.5, 0.6) is 11.6 Å². The van der Waals surface area contributed by atoms with Crippen molar-refractivity contribution in [3.8, 4) is 11.6 Å². The minimum Gasteiger partial charge on any atom is -0.497 e. The largest absolute Gasteiger partial charge is 0.497 e. The standard InChI is InChI=1S/C20H19N5O5S2/c1-29-15-7-3-13(4-8-15)18(26)24-20(31)23-14-5-9-16(10-6-14)32(27,28)25-17-19(30-2)22-12-11-21-17/h3-12H,1-2H3,(H,21,25)(H2,23,24,26,31). The van der Waals surface area contributed by atoms with E-state index in [-0.39, 0.29) is 21.7 Å². The number of nitrogens with zero attached hydrogens (tertiary/aromatic N) is 2. The highest BCUT2D eigenvalue weighted by Gasteiger charge is 2.18. The SMILES string of the molecule is COc1ccc(C(=O)NC(=S)Nc2ccc(S(=O)(=O)Nc3nccnc3OC)cc2)cc1. The van der Waals surface area contributed by atoms with E-state index in [1.807, 2.05) is 0 Å². The van der Waals surface area contributed by atoms with E-state index < -0.39 is 15.9 Å². The molecule has 0 aliphatic rings. The molecule has 0 aliphatic carbocycles. The average molecular weight is 474 g/mol. The quantitative estimate of drug-likeness (QED) is 0.443. The van der Waals surface area contributed by atoms with Gasteiger partial charge < -0.3 is 14.8 Å². The van der Waals surface area contributed by atoms with Gasteiger partial charge in [-0.1, -0.05) is 0 Å². The molecule has 0 aliphatic heterocycles. The summed E-state index contributed by atoms with van der Waals surface area (Å²) in [5.41, 5.74) is 0.892. The summed E-state index contributed by atoms with van der Waals surface area (Å²) in [4.78, 5) is 20.1. The number of carbonyl (C=O) groups is 1. The van der Waals surface area contributed by atoms with Crippen LogP contribution >= 0.6 is 12.2 Å².